The summed E-state index contributed by atoms with van der Waals surface area (Å²) >= 11 is 1.87. The second kappa shape index (κ2) is 6.97. The molecule has 21 heavy (non-hydrogen) atoms. The molecule has 1 amide bonds. The molecule has 0 bridgehead atoms. The van der Waals surface area contributed by atoms with Gasteiger partial charge in [-0.1, -0.05) is 25.7 Å². The lowest BCUT2D eigenvalue weighted by Crippen LogP contribution is -2.44. The molecule has 1 aliphatic rings. The van der Waals surface area contributed by atoms with Crippen molar-refractivity contribution in [2.45, 2.75) is 24.3 Å². The van der Waals surface area contributed by atoms with Crippen LogP contribution >= 0.6 is 11.8 Å². The van der Waals surface area contributed by atoms with Crippen LogP contribution in [0.4, 0.5) is 4.39 Å². The van der Waals surface area contributed by atoms with Gasteiger partial charge < -0.3 is 10.6 Å². The van der Waals surface area contributed by atoms with Crippen LogP contribution in [0.25, 0.3) is 0 Å². The average Bonchev–Trinajstić information content (AvgIpc) is 2.44. The minimum Gasteiger partial charge on any atom is -0.336 e. The first-order chi connectivity index (χ1) is 10.0. The van der Waals surface area contributed by atoms with Crippen molar-refractivity contribution in [1.29, 1.82) is 0 Å². The van der Waals surface area contributed by atoms with Crippen molar-refractivity contribution in [1.82, 2.24) is 4.90 Å². The number of rotatable bonds is 1. The molecule has 2 atom stereocenters. The van der Waals surface area contributed by atoms with Crippen LogP contribution in [0.1, 0.15) is 29.8 Å². The predicted molar refractivity (Wildman–Crippen MR) is 84.8 cm³/mol. The fourth-order valence-electron chi connectivity index (χ4n) is 2.42. The van der Waals surface area contributed by atoms with Crippen molar-refractivity contribution in [2.75, 3.05) is 19.6 Å². The molecule has 3 nitrogen and oxygen atoms in total. The smallest absolute Gasteiger partial charge is 0.254 e. The fourth-order valence-corrected chi connectivity index (χ4v) is 3.75. The quantitative estimate of drug-likeness (QED) is 0.808. The highest BCUT2D eigenvalue weighted by Gasteiger charge is 2.26. The van der Waals surface area contributed by atoms with E-state index in [1.807, 2.05) is 11.8 Å². The number of hydrogen-bond donors (Lipinski definition) is 1. The number of hydrogen-bond acceptors (Lipinski definition) is 3. The van der Waals surface area contributed by atoms with Gasteiger partial charge in [0.15, 0.2) is 0 Å². The van der Waals surface area contributed by atoms with E-state index < -0.39 is 5.82 Å². The van der Waals surface area contributed by atoms with E-state index >= 15 is 0 Å². The second-order valence-electron chi connectivity index (χ2n) is 5.17. The molecule has 2 rings (SSSR count). The minimum absolute atomic E-state index is 0.119. The van der Waals surface area contributed by atoms with E-state index in [0.29, 0.717) is 29.2 Å². The van der Waals surface area contributed by atoms with Gasteiger partial charge in [0.05, 0.1) is 12.1 Å². The molecule has 112 valence electrons. The fraction of sp³-hybridized carbons (Fsp3) is 0.438. The van der Waals surface area contributed by atoms with E-state index in [4.69, 9.17) is 5.73 Å². The third kappa shape index (κ3) is 3.99. The summed E-state index contributed by atoms with van der Waals surface area (Å²) in [6.07, 6.45) is 0. The normalized spacial score (nSPS) is 21.6. The van der Waals surface area contributed by atoms with E-state index in [9.17, 15) is 9.18 Å². The lowest BCUT2D eigenvalue weighted by atomic mass is 10.1. The third-order valence-corrected chi connectivity index (χ3v) is 4.48. The van der Waals surface area contributed by atoms with E-state index in [1.54, 1.807) is 11.0 Å². The number of carbonyl (C=O) groups is 1. The molecule has 1 heterocycles. The molecule has 0 saturated carbocycles. The monoisotopic (exact) mass is 306 g/mol. The maximum atomic E-state index is 13.9. The molecule has 1 aliphatic heterocycles. The van der Waals surface area contributed by atoms with Crippen LogP contribution < -0.4 is 5.73 Å². The highest BCUT2D eigenvalue weighted by Crippen LogP contribution is 2.26. The molecular weight excluding hydrogens is 287 g/mol. The predicted octanol–water partition coefficient (Wildman–Crippen LogP) is 2.10. The van der Waals surface area contributed by atoms with Gasteiger partial charge in [0.25, 0.3) is 5.91 Å². The number of carbonyl (C=O) groups excluding carboxylic acids is 1. The van der Waals surface area contributed by atoms with Gasteiger partial charge in [0.2, 0.25) is 0 Å². The molecule has 5 heteroatoms. The molecule has 0 spiro atoms. The Labute approximate surface area is 129 Å². The Hall–Kier alpha value is -1.51. The zero-order valence-corrected chi connectivity index (χ0v) is 13.0. The summed E-state index contributed by atoms with van der Waals surface area (Å²) in [5, 5.41) is 0.800. The highest BCUT2D eigenvalue weighted by atomic mass is 32.2. The average molecular weight is 306 g/mol. The number of amides is 1. The Balaban J connectivity index is 2.18. The van der Waals surface area contributed by atoms with Gasteiger partial charge in [-0.25, -0.2) is 4.39 Å². The molecule has 0 aliphatic carbocycles. The van der Waals surface area contributed by atoms with Crippen molar-refractivity contribution >= 4 is 17.7 Å². The lowest BCUT2D eigenvalue weighted by Gasteiger charge is -2.34. The minimum atomic E-state index is -0.478. The standard InChI is InChI=1S/C16H19FN2OS/c1-11-9-19(10-12(2)21-11)16(20)14-6-5-13(4-3-7-18)15(17)8-14/h5-6,8,11-12H,7,9-10,18H2,1-2H3. The zero-order valence-electron chi connectivity index (χ0n) is 12.2. The molecule has 2 unspecified atom stereocenters. The van der Waals surface area contributed by atoms with Crippen LogP contribution in [0.15, 0.2) is 18.2 Å². The molecule has 1 fully saturated rings. The molecule has 0 radical (unpaired) electrons. The van der Waals surface area contributed by atoms with E-state index in [0.717, 1.165) is 0 Å². The van der Waals surface area contributed by atoms with Crippen molar-refractivity contribution in [3.05, 3.63) is 35.1 Å². The van der Waals surface area contributed by atoms with Gasteiger partial charge in [-0.2, -0.15) is 11.8 Å². The van der Waals surface area contributed by atoms with E-state index in [1.165, 1.54) is 12.1 Å². The Morgan fingerprint density at radius 2 is 2.10 bits per heavy atom. The van der Waals surface area contributed by atoms with Crippen LogP contribution in [0.2, 0.25) is 0 Å². The summed E-state index contributed by atoms with van der Waals surface area (Å²) in [6.45, 7) is 5.79. The lowest BCUT2D eigenvalue weighted by molar-refractivity contribution is 0.0753. The Bertz CT molecular complexity index is 584. The summed E-state index contributed by atoms with van der Waals surface area (Å²) in [7, 11) is 0. The number of halogens is 1. The first-order valence-corrected chi connectivity index (χ1v) is 7.88. The molecule has 2 N–H and O–H groups in total. The Kier molecular flexibility index (Phi) is 5.27. The van der Waals surface area contributed by atoms with E-state index in [2.05, 4.69) is 25.7 Å². The van der Waals surface area contributed by atoms with Gasteiger partial charge in [-0.05, 0) is 18.2 Å². The number of thioether (sulfide) groups is 1. The Morgan fingerprint density at radius 3 is 2.67 bits per heavy atom. The van der Waals surface area contributed by atoms with Gasteiger partial charge in [0.1, 0.15) is 5.82 Å². The molecule has 1 aromatic rings. The van der Waals surface area contributed by atoms with Gasteiger partial charge in [-0.15, -0.1) is 0 Å². The summed E-state index contributed by atoms with van der Waals surface area (Å²) in [4.78, 5) is 14.3. The molecule has 0 aromatic heterocycles. The van der Waals surface area contributed by atoms with E-state index in [-0.39, 0.29) is 18.0 Å². The van der Waals surface area contributed by atoms with Crippen molar-refractivity contribution in [3.63, 3.8) is 0 Å². The van der Waals surface area contributed by atoms with Crippen molar-refractivity contribution in [3.8, 4) is 11.8 Å². The summed E-state index contributed by atoms with van der Waals surface area (Å²) in [6, 6.07) is 4.43. The summed E-state index contributed by atoms with van der Waals surface area (Å²) in [5.41, 5.74) is 5.91. The van der Waals surface area contributed by atoms with Gasteiger partial charge >= 0.3 is 0 Å². The van der Waals surface area contributed by atoms with Crippen LogP contribution in [-0.4, -0.2) is 40.9 Å². The number of benzene rings is 1. The van der Waals surface area contributed by atoms with Crippen LogP contribution in [0.5, 0.6) is 0 Å². The first kappa shape index (κ1) is 15.9. The molecule has 1 aromatic carbocycles. The number of nitrogens with two attached hydrogens (primary N) is 1. The SMILES string of the molecule is CC1CN(C(=O)c2ccc(C#CCN)c(F)c2)CC(C)S1. The summed E-state index contributed by atoms with van der Waals surface area (Å²) in [5.74, 6) is 4.67. The van der Waals surface area contributed by atoms with Crippen LogP contribution in [0, 0.1) is 17.7 Å². The molecular formula is C16H19FN2OS. The molecule has 1 saturated heterocycles. The van der Waals surface area contributed by atoms with Gasteiger partial charge in [0, 0.05) is 29.2 Å². The number of nitrogens with zero attached hydrogens (tertiary/aromatic N) is 1. The largest absolute Gasteiger partial charge is 0.336 e. The topological polar surface area (TPSA) is 46.3 Å². The Morgan fingerprint density at radius 1 is 1.43 bits per heavy atom. The third-order valence-electron chi connectivity index (χ3n) is 3.25. The highest BCUT2D eigenvalue weighted by molar-refractivity contribution is 8.00. The maximum absolute atomic E-state index is 13.9. The second-order valence-corrected chi connectivity index (χ2v) is 7.05. The van der Waals surface area contributed by atoms with Crippen molar-refractivity contribution < 1.29 is 9.18 Å². The van der Waals surface area contributed by atoms with Crippen molar-refractivity contribution in [2.24, 2.45) is 5.73 Å². The van der Waals surface area contributed by atoms with Crippen LogP contribution in [0.3, 0.4) is 0 Å². The van der Waals surface area contributed by atoms with Crippen LogP contribution in [-0.2, 0) is 0 Å². The maximum Gasteiger partial charge on any atom is 0.254 e. The first-order valence-electron chi connectivity index (χ1n) is 6.94. The zero-order chi connectivity index (χ0) is 15.4. The van der Waals surface area contributed by atoms with Gasteiger partial charge in [-0.3, -0.25) is 4.79 Å². The summed E-state index contributed by atoms with van der Waals surface area (Å²) < 4.78 is 13.9.